The van der Waals surface area contributed by atoms with Crippen LogP contribution < -0.4 is 5.32 Å². The lowest BCUT2D eigenvalue weighted by Gasteiger charge is -2.29. The molecule has 0 aromatic carbocycles. The highest BCUT2D eigenvalue weighted by atomic mass is 16.2. The van der Waals surface area contributed by atoms with Crippen molar-refractivity contribution in [2.24, 2.45) is 17.8 Å². The van der Waals surface area contributed by atoms with E-state index in [1.807, 2.05) is 0 Å². The lowest BCUT2D eigenvalue weighted by Crippen LogP contribution is -2.46. The van der Waals surface area contributed by atoms with Gasteiger partial charge in [-0.05, 0) is 56.8 Å². The van der Waals surface area contributed by atoms with Crippen LogP contribution >= 0.6 is 0 Å². The summed E-state index contributed by atoms with van der Waals surface area (Å²) in [6, 6.07) is 0.259. The molecular formula is C17H28N2O2. The van der Waals surface area contributed by atoms with Gasteiger partial charge in [-0.2, -0.15) is 0 Å². The average Bonchev–Trinajstić information content (AvgIpc) is 3.02. The molecule has 3 fully saturated rings. The van der Waals surface area contributed by atoms with Gasteiger partial charge < -0.3 is 10.2 Å². The Balaban J connectivity index is 1.48. The predicted molar refractivity (Wildman–Crippen MR) is 81.6 cm³/mol. The van der Waals surface area contributed by atoms with Crippen LogP contribution in [-0.4, -0.2) is 35.8 Å². The van der Waals surface area contributed by atoms with E-state index >= 15 is 0 Å². The fourth-order valence-corrected chi connectivity index (χ4v) is 4.69. The molecule has 4 unspecified atom stereocenters. The van der Waals surface area contributed by atoms with Crippen LogP contribution in [0.2, 0.25) is 0 Å². The Morgan fingerprint density at radius 2 is 2.14 bits per heavy atom. The van der Waals surface area contributed by atoms with Crippen molar-refractivity contribution < 1.29 is 9.59 Å². The first-order chi connectivity index (χ1) is 10.1. The molecule has 3 aliphatic rings. The molecule has 0 radical (unpaired) electrons. The molecule has 0 aromatic rings. The number of amides is 2. The second-order valence-electron chi connectivity index (χ2n) is 7.32. The van der Waals surface area contributed by atoms with Gasteiger partial charge in [-0.3, -0.25) is 9.59 Å². The first-order valence-electron chi connectivity index (χ1n) is 8.70. The van der Waals surface area contributed by atoms with Crippen LogP contribution in [0.15, 0.2) is 0 Å². The lowest BCUT2D eigenvalue weighted by molar-refractivity contribution is -0.136. The van der Waals surface area contributed by atoms with E-state index in [0.29, 0.717) is 12.3 Å². The predicted octanol–water partition coefficient (Wildman–Crippen LogP) is 2.33. The Morgan fingerprint density at radius 3 is 2.86 bits per heavy atom. The number of nitrogens with zero attached hydrogens (tertiary/aromatic N) is 1. The third kappa shape index (κ3) is 3.41. The summed E-state index contributed by atoms with van der Waals surface area (Å²) in [6.45, 7) is 3.15. The Morgan fingerprint density at radius 1 is 1.29 bits per heavy atom. The second-order valence-corrected chi connectivity index (χ2v) is 7.32. The van der Waals surface area contributed by atoms with Gasteiger partial charge in [0.1, 0.15) is 0 Å². The topological polar surface area (TPSA) is 49.4 Å². The molecule has 1 heterocycles. The molecule has 2 saturated carbocycles. The third-order valence-electron chi connectivity index (χ3n) is 5.83. The molecule has 0 aromatic heterocycles. The van der Waals surface area contributed by atoms with Gasteiger partial charge in [0.2, 0.25) is 11.8 Å². The normalized spacial score (nSPS) is 33.9. The third-order valence-corrected chi connectivity index (χ3v) is 5.83. The Bertz CT molecular complexity index is 410. The summed E-state index contributed by atoms with van der Waals surface area (Å²) in [6.07, 6.45) is 9.11. The number of hydrogen-bond donors (Lipinski definition) is 1. The molecule has 1 N–H and O–H groups in total. The number of carbonyl (C=O) groups excluding carboxylic acids is 2. The molecule has 4 heteroatoms. The van der Waals surface area contributed by atoms with Crippen molar-refractivity contribution >= 4 is 11.8 Å². The van der Waals surface area contributed by atoms with Crippen LogP contribution in [-0.2, 0) is 9.59 Å². The molecule has 118 valence electrons. The van der Waals surface area contributed by atoms with E-state index in [2.05, 4.69) is 12.2 Å². The zero-order valence-electron chi connectivity index (χ0n) is 13.1. The van der Waals surface area contributed by atoms with E-state index in [-0.39, 0.29) is 24.4 Å². The van der Waals surface area contributed by atoms with Crippen molar-refractivity contribution in [1.82, 2.24) is 10.2 Å². The fourth-order valence-electron chi connectivity index (χ4n) is 4.69. The van der Waals surface area contributed by atoms with Crippen molar-refractivity contribution in [3.63, 3.8) is 0 Å². The minimum Gasteiger partial charge on any atom is -0.352 e. The quantitative estimate of drug-likeness (QED) is 0.864. The van der Waals surface area contributed by atoms with E-state index in [1.165, 1.54) is 25.7 Å². The molecule has 4 nitrogen and oxygen atoms in total. The Labute approximate surface area is 127 Å². The number of fused-ring (bicyclic) bond motifs is 2. The van der Waals surface area contributed by atoms with Gasteiger partial charge in [-0.25, -0.2) is 0 Å². The van der Waals surface area contributed by atoms with E-state index in [1.54, 1.807) is 4.90 Å². The summed E-state index contributed by atoms with van der Waals surface area (Å²) in [5, 5.41) is 3.16. The van der Waals surface area contributed by atoms with Crippen LogP contribution in [0.5, 0.6) is 0 Å². The van der Waals surface area contributed by atoms with E-state index in [4.69, 9.17) is 0 Å². The molecule has 0 spiro atoms. The monoisotopic (exact) mass is 292 g/mol. The Kier molecular flexibility index (Phi) is 4.51. The van der Waals surface area contributed by atoms with Gasteiger partial charge in [0, 0.05) is 19.0 Å². The summed E-state index contributed by atoms with van der Waals surface area (Å²) < 4.78 is 0. The number of hydrogen-bond acceptors (Lipinski definition) is 2. The maximum Gasteiger partial charge on any atom is 0.239 e. The molecule has 4 atom stereocenters. The van der Waals surface area contributed by atoms with Crippen molar-refractivity contribution in [3.05, 3.63) is 0 Å². The highest BCUT2D eigenvalue weighted by Gasteiger charge is 2.42. The second kappa shape index (κ2) is 6.37. The van der Waals surface area contributed by atoms with E-state index < -0.39 is 0 Å². The first kappa shape index (κ1) is 14.9. The highest BCUT2D eigenvalue weighted by Crippen LogP contribution is 2.49. The molecule has 1 saturated heterocycles. The maximum absolute atomic E-state index is 12.2. The van der Waals surface area contributed by atoms with Gasteiger partial charge in [0.15, 0.2) is 0 Å². The molecule has 2 bridgehead atoms. The largest absolute Gasteiger partial charge is 0.352 e. The molecule has 3 rings (SSSR count). The van der Waals surface area contributed by atoms with Crippen molar-refractivity contribution in [2.75, 3.05) is 13.1 Å². The highest BCUT2D eigenvalue weighted by molar-refractivity contribution is 5.85. The van der Waals surface area contributed by atoms with Gasteiger partial charge in [0.05, 0.1) is 6.54 Å². The molecule has 1 aliphatic heterocycles. The van der Waals surface area contributed by atoms with Crippen molar-refractivity contribution in [1.29, 1.82) is 0 Å². The smallest absolute Gasteiger partial charge is 0.239 e. The summed E-state index contributed by atoms with van der Waals surface area (Å²) in [4.78, 5) is 25.9. The van der Waals surface area contributed by atoms with Crippen LogP contribution in [0.3, 0.4) is 0 Å². The van der Waals surface area contributed by atoms with E-state index in [9.17, 15) is 9.59 Å². The summed E-state index contributed by atoms with van der Waals surface area (Å²) in [5.74, 6) is 2.57. The van der Waals surface area contributed by atoms with Gasteiger partial charge in [-0.15, -0.1) is 0 Å². The molecular weight excluding hydrogens is 264 g/mol. The zero-order chi connectivity index (χ0) is 14.8. The number of carbonyl (C=O) groups is 2. The van der Waals surface area contributed by atoms with Gasteiger partial charge >= 0.3 is 0 Å². The van der Waals surface area contributed by atoms with Crippen LogP contribution in [0.1, 0.15) is 58.3 Å². The first-order valence-corrected chi connectivity index (χ1v) is 8.70. The van der Waals surface area contributed by atoms with Crippen LogP contribution in [0.4, 0.5) is 0 Å². The van der Waals surface area contributed by atoms with Gasteiger partial charge in [0.25, 0.3) is 0 Å². The van der Waals surface area contributed by atoms with Crippen molar-refractivity contribution in [3.8, 4) is 0 Å². The summed E-state index contributed by atoms with van der Waals surface area (Å²) in [5.41, 5.74) is 0. The minimum atomic E-state index is 0.0283. The number of likely N-dealkylation sites (tertiary alicyclic amines) is 1. The van der Waals surface area contributed by atoms with Crippen molar-refractivity contribution in [2.45, 2.75) is 64.3 Å². The molecule has 2 amide bonds. The molecule has 2 aliphatic carbocycles. The van der Waals surface area contributed by atoms with Gasteiger partial charge in [-0.1, -0.05) is 12.8 Å². The summed E-state index contributed by atoms with van der Waals surface area (Å²) in [7, 11) is 0. The standard InChI is InChI=1S/C17H28N2O2/c1-12(15-10-13-6-7-14(15)9-13)18-16(20)11-19-8-4-2-3-5-17(19)21/h12-15H,2-11H2,1H3,(H,18,20). The van der Waals surface area contributed by atoms with E-state index in [0.717, 1.165) is 37.6 Å². The van der Waals surface area contributed by atoms with Crippen LogP contribution in [0, 0.1) is 17.8 Å². The average molecular weight is 292 g/mol. The SMILES string of the molecule is CC(NC(=O)CN1CCCCCC1=O)C1CC2CCC1C2. The molecule has 21 heavy (non-hydrogen) atoms. The fraction of sp³-hybridized carbons (Fsp3) is 0.882. The Hall–Kier alpha value is -1.06. The number of rotatable bonds is 4. The minimum absolute atomic E-state index is 0.0283. The summed E-state index contributed by atoms with van der Waals surface area (Å²) >= 11 is 0. The lowest BCUT2D eigenvalue weighted by atomic mass is 9.84. The maximum atomic E-state index is 12.2. The van der Waals surface area contributed by atoms with Crippen LogP contribution in [0.25, 0.3) is 0 Å². The number of nitrogens with one attached hydrogen (secondary N) is 1. The zero-order valence-corrected chi connectivity index (χ0v) is 13.1.